The Bertz CT molecular complexity index is 555. The fraction of sp³-hybridized carbons (Fsp3) is 0.182. The molecule has 6 heteroatoms. The van der Waals surface area contributed by atoms with Gasteiger partial charge in [0.25, 0.3) is 5.56 Å². The lowest BCUT2D eigenvalue weighted by Gasteiger charge is -2.14. The average Bonchev–Trinajstić information content (AvgIpc) is 2.36. The fourth-order valence-corrected chi connectivity index (χ4v) is 1.57. The summed E-state index contributed by atoms with van der Waals surface area (Å²) < 4.78 is 0. The van der Waals surface area contributed by atoms with E-state index in [9.17, 15) is 4.79 Å². The van der Waals surface area contributed by atoms with Gasteiger partial charge in [0.05, 0.1) is 23.6 Å². The van der Waals surface area contributed by atoms with Crippen LogP contribution in [-0.4, -0.2) is 15.2 Å². The number of rotatable bonds is 3. The summed E-state index contributed by atoms with van der Waals surface area (Å²) in [5, 5.41) is 9.14. The van der Waals surface area contributed by atoms with Crippen LogP contribution in [0.2, 0.25) is 5.02 Å². The summed E-state index contributed by atoms with van der Waals surface area (Å²) in [6.45, 7) is 1.93. The van der Waals surface area contributed by atoms with Gasteiger partial charge in [-0.3, -0.25) is 9.78 Å². The van der Waals surface area contributed by atoms with Crippen molar-refractivity contribution in [1.29, 1.82) is 0 Å². The van der Waals surface area contributed by atoms with Crippen molar-refractivity contribution in [3.8, 4) is 0 Å². The molecule has 0 saturated carbocycles. The maximum atomic E-state index is 11.3. The zero-order chi connectivity index (χ0) is 12.3. The van der Waals surface area contributed by atoms with Gasteiger partial charge in [0.15, 0.2) is 0 Å². The summed E-state index contributed by atoms with van der Waals surface area (Å²) in [6.07, 6.45) is 3.19. The minimum Gasteiger partial charge on any atom is -0.374 e. The molecule has 0 spiro atoms. The Hall–Kier alpha value is -1.88. The lowest BCUT2D eigenvalue weighted by Crippen LogP contribution is -2.14. The van der Waals surface area contributed by atoms with E-state index >= 15 is 0 Å². The Morgan fingerprint density at radius 3 is 3.00 bits per heavy atom. The minimum absolute atomic E-state index is 0.0581. The third kappa shape index (κ3) is 2.62. The number of nitrogens with one attached hydrogen (secondary N) is 2. The highest BCUT2D eigenvalue weighted by Gasteiger charge is 2.10. The first-order chi connectivity index (χ1) is 8.18. The van der Waals surface area contributed by atoms with Crippen molar-refractivity contribution >= 4 is 17.3 Å². The van der Waals surface area contributed by atoms with Crippen molar-refractivity contribution in [2.75, 3.05) is 5.32 Å². The van der Waals surface area contributed by atoms with Gasteiger partial charge in [0.1, 0.15) is 5.02 Å². The Kier molecular flexibility index (Phi) is 3.39. The molecule has 2 heterocycles. The molecule has 0 amide bonds. The van der Waals surface area contributed by atoms with Gasteiger partial charge in [-0.15, -0.1) is 0 Å². The predicted octanol–water partition coefficient (Wildman–Crippen LogP) is 1.99. The van der Waals surface area contributed by atoms with Crippen LogP contribution in [0, 0.1) is 0 Å². The number of H-pyrrole nitrogens is 1. The highest BCUT2D eigenvalue weighted by molar-refractivity contribution is 6.32. The number of pyridine rings is 1. The van der Waals surface area contributed by atoms with Gasteiger partial charge in [-0.2, -0.15) is 5.10 Å². The largest absolute Gasteiger partial charge is 0.374 e. The van der Waals surface area contributed by atoms with Crippen molar-refractivity contribution in [2.24, 2.45) is 0 Å². The smallest absolute Gasteiger partial charge is 0.285 e. The van der Waals surface area contributed by atoms with Crippen LogP contribution in [0.1, 0.15) is 18.7 Å². The number of hydrogen-bond donors (Lipinski definition) is 2. The van der Waals surface area contributed by atoms with Crippen LogP contribution < -0.4 is 10.9 Å². The van der Waals surface area contributed by atoms with Crippen molar-refractivity contribution in [2.45, 2.75) is 13.0 Å². The maximum absolute atomic E-state index is 11.3. The third-order valence-electron chi connectivity index (χ3n) is 2.30. The van der Waals surface area contributed by atoms with Gasteiger partial charge >= 0.3 is 0 Å². The average molecular weight is 251 g/mol. The second-order valence-electron chi connectivity index (χ2n) is 3.55. The molecular weight excluding hydrogens is 240 g/mol. The van der Waals surface area contributed by atoms with Crippen molar-refractivity contribution in [3.05, 3.63) is 51.7 Å². The standard InChI is InChI=1S/C11H11ClN4O/c1-7(8-4-2-3-5-13-8)15-9-6-14-16-11(17)10(9)12/h2-7H,1H3,(H2,15,16,17). The Balaban J connectivity index is 2.22. The molecule has 17 heavy (non-hydrogen) atoms. The minimum atomic E-state index is -0.412. The molecule has 0 aliphatic carbocycles. The lowest BCUT2D eigenvalue weighted by molar-refractivity contribution is 0.834. The third-order valence-corrected chi connectivity index (χ3v) is 2.67. The zero-order valence-electron chi connectivity index (χ0n) is 9.14. The molecule has 0 aromatic carbocycles. The van der Waals surface area contributed by atoms with E-state index in [1.54, 1.807) is 6.20 Å². The van der Waals surface area contributed by atoms with Gasteiger partial charge < -0.3 is 5.32 Å². The normalized spacial score (nSPS) is 12.1. The van der Waals surface area contributed by atoms with E-state index < -0.39 is 5.56 Å². The molecule has 2 rings (SSSR count). The Morgan fingerprint density at radius 1 is 1.47 bits per heavy atom. The molecule has 0 fully saturated rings. The van der Waals surface area contributed by atoms with E-state index in [0.717, 1.165) is 5.69 Å². The quantitative estimate of drug-likeness (QED) is 0.874. The lowest BCUT2D eigenvalue weighted by atomic mass is 10.2. The second-order valence-corrected chi connectivity index (χ2v) is 3.93. The molecule has 2 N–H and O–H groups in total. The summed E-state index contributed by atoms with van der Waals surface area (Å²) in [6, 6.07) is 5.58. The number of aromatic nitrogens is 3. The molecule has 0 bridgehead atoms. The zero-order valence-corrected chi connectivity index (χ0v) is 9.90. The van der Waals surface area contributed by atoms with E-state index in [-0.39, 0.29) is 11.1 Å². The number of aromatic amines is 1. The SMILES string of the molecule is CC(Nc1cn[nH]c(=O)c1Cl)c1ccccn1. The van der Waals surface area contributed by atoms with Gasteiger partial charge in [-0.05, 0) is 19.1 Å². The van der Waals surface area contributed by atoms with Gasteiger partial charge in [0.2, 0.25) is 0 Å². The van der Waals surface area contributed by atoms with Crippen LogP contribution >= 0.6 is 11.6 Å². The van der Waals surface area contributed by atoms with Crippen LogP contribution in [0.25, 0.3) is 0 Å². The number of hydrogen-bond acceptors (Lipinski definition) is 4. The summed E-state index contributed by atoms with van der Waals surface area (Å²) in [7, 11) is 0. The number of halogens is 1. The van der Waals surface area contributed by atoms with Crippen LogP contribution in [0.3, 0.4) is 0 Å². The van der Waals surface area contributed by atoms with Gasteiger partial charge in [-0.1, -0.05) is 17.7 Å². The van der Waals surface area contributed by atoms with E-state index in [0.29, 0.717) is 5.69 Å². The van der Waals surface area contributed by atoms with E-state index in [1.165, 1.54) is 6.20 Å². The molecule has 0 radical (unpaired) electrons. The van der Waals surface area contributed by atoms with Crippen molar-refractivity contribution in [3.63, 3.8) is 0 Å². The molecule has 0 aliphatic rings. The molecule has 2 aromatic heterocycles. The predicted molar refractivity (Wildman–Crippen MR) is 66.1 cm³/mol. The fourth-order valence-electron chi connectivity index (χ4n) is 1.42. The first-order valence-corrected chi connectivity index (χ1v) is 5.47. The van der Waals surface area contributed by atoms with Gasteiger partial charge in [-0.25, -0.2) is 5.10 Å². The van der Waals surface area contributed by atoms with Crippen LogP contribution in [0.15, 0.2) is 35.4 Å². The second kappa shape index (κ2) is 4.97. The highest BCUT2D eigenvalue weighted by atomic mass is 35.5. The van der Waals surface area contributed by atoms with Crippen molar-refractivity contribution < 1.29 is 0 Å². The molecule has 2 aromatic rings. The first-order valence-electron chi connectivity index (χ1n) is 5.09. The monoisotopic (exact) mass is 250 g/mol. The molecule has 0 aliphatic heterocycles. The number of anilines is 1. The topological polar surface area (TPSA) is 70.7 Å². The maximum Gasteiger partial charge on any atom is 0.285 e. The summed E-state index contributed by atoms with van der Waals surface area (Å²) in [5.74, 6) is 0. The van der Waals surface area contributed by atoms with Crippen LogP contribution in [0.5, 0.6) is 0 Å². The Morgan fingerprint density at radius 2 is 2.29 bits per heavy atom. The molecule has 0 saturated heterocycles. The highest BCUT2D eigenvalue weighted by Crippen LogP contribution is 2.20. The van der Waals surface area contributed by atoms with Crippen LogP contribution in [-0.2, 0) is 0 Å². The van der Waals surface area contributed by atoms with E-state index in [2.05, 4.69) is 20.5 Å². The molecule has 5 nitrogen and oxygen atoms in total. The van der Waals surface area contributed by atoms with Crippen LogP contribution in [0.4, 0.5) is 5.69 Å². The Labute approximate surface area is 103 Å². The van der Waals surface area contributed by atoms with E-state index in [1.807, 2.05) is 25.1 Å². The molecule has 1 unspecified atom stereocenters. The van der Waals surface area contributed by atoms with Gasteiger partial charge in [0, 0.05) is 6.20 Å². The summed E-state index contributed by atoms with van der Waals surface area (Å²) in [5.41, 5.74) is 0.947. The molecule has 1 atom stereocenters. The molecule has 88 valence electrons. The van der Waals surface area contributed by atoms with E-state index in [4.69, 9.17) is 11.6 Å². The summed E-state index contributed by atoms with van der Waals surface area (Å²) >= 11 is 5.86. The number of nitrogens with zero attached hydrogens (tertiary/aromatic N) is 2. The summed E-state index contributed by atoms with van der Waals surface area (Å²) in [4.78, 5) is 15.5. The first kappa shape index (κ1) is 11.6. The molecular formula is C11H11ClN4O. The van der Waals surface area contributed by atoms with Crippen molar-refractivity contribution in [1.82, 2.24) is 15.2 Å².